The lowest BCUT2D eigenvalue weighted by Gasteiger charge is -1.94. The second-order valence-electron chi connectivity index (χ2n) is 3.33. The number of hydrogen-bond acceptors (Lipinski definition) is 4. The van der Waals surface area contributed by atoms with Crippen molar-refractivity contribution in [1.29, 1.82) is 0 Å². The van der Waals surface area contributed by atoms with Gasteiger partial charge >= 0.3 is 0 Å². The molecule has 2 aromatic heterocycles. The topological polar surface area (TPSA) is 96.3 Å². The van der Waals surface area contributed by atoms with E-state index in [-0.39, 0.29) is 0 Å². The molecule has 0 aliphatic heterocycles. The molecule has 16 heavy (non-hydrogen) atoms. The number of fused-ring (bicyclic) bond motifs is 1. The summed E-state index contributed by atoms with van der Waals surface area (Å²) in [5.41, 5.74) is 8.75. The molecule has 6 nitrogen and oxygen atoms in total. The van der Waals surface area contributed by atoms with Gasteiger partial charge in [-0.1, -0.05) is 15.9 Å². The van der Waals surface area contributed by atoms with Crippen LogP contribution in [-0.4, -0.2) is 25.4 Å². The molecular weight excluding hydrogens is 272 g/mol. The number of anilines is 1. The fourth-order valence-corrected chi connectivity index (χ4v) is 2.02. The molecule has 0 spiro atoms. The monoisotopic (exact) mass is 278 g/mol. The smallest absolute Gasteiger partial charge is 0.160 e. The van der Waals surface area contributed by atoms with Crippen molar-refractivity contribution in [3.8, 4) is 11.5 Å². The van der Waals surface area contributed by atoms with Crippen LogP contribution in [0.15, 0.2) is 22.8 Å². The van der Waals surface area contributed by atoms with E-state index in [0.29, 0.717) is 17.2 Å². The van der Waals surface area contributed by atoms with Crippen molar-refractivity contribution in [1.82, 2.24) is 25.4 Å². The molecule has 0 aliphatic carbocycles. The van der Waals surface area contributed by atoms with Gasteiger partial charge in [-0.05, 0) is 12.1 Å². The molecular formula is C9H7BrN6. The first-order valence-corrected chi connectivity index (χ1v) is 5.34. The molecule has 2 heterocycles. The lowest BCUT2D eigenvalue weighted by atomic mass is 10.3. The standard InChI is InChI=1S/C9H7BrN6/c10-4-1-5(11)8-6(2-4)13-9(14-8)7-3-12-16-15-7/h1-3H,11H2,(H,13,14)(H,12,15,16). The van der Waals surface area contributed by atoms with Gasteiger partial charge in [-0.25, -0.2) is 4.98 Å². The van der Waals surface area contributed by atoms with E-state index in [0.717, 1.165) is 15.5 Å². The average molecular weight is 279 g/mol. The Morgan fingerprint density at radius 3 is 2.94 bits per heavy atom. The number of imidazole rings is 1. The van der Waals surface area contributed by atoms with Gasteiger partial charge in [0.05, 0.1) is 17.4 Å². The van der Waals surface area contributed by atoms with Gasteiger partial charge in [0.2, 0.25) is 0 Å². The van der Waals surface area contributed by atoms with Gasteiger partial charge in [0.1, 0.15) is 11.2 Å². The van der Waals surface area contributed by atoms with Crippen molar-refractivity contribution in [3.05, 3.63) is 22.8 Å². The maximum absolute atomic E-state index is 5.87. The molecule has 0 aliphatic rings. The van der Waals surface area contributed by atoms with Crippen molar-refractivity contribution in [2.24, 2.45) is 0 Å². The van der Waals surface area contributed by atoms with Crippen molar-refractivity contribution in [3.63, 3.8) is 0 Å². The summed E-state index contributed by atoms with van der Waals surface area (Å²) in [5.74, 6) is 0.647. The van der Waals surface area contributed by atoms with Crippen LogP contribution in [0.3, 0.4) is 0 Å². The molecule has 7 heteroatoms. The van der Waals surface area contributed by atoms with Gasteiger partial charge < -0.3 is 10.7 Å². The Bertz CT molecular complexity index is 641. The number of aromatic amines is 2. The van der Waals surface area contributed by atoms with Crippen LogP contribution in [0.2, 0.25) is 0 Å². The Morgan fingerprint density at radius 2 is 2.19 bits per heavy atom. The van der Waals surface area contributed by atoms with E-state index in [9.17, 15) is 0 Å². The summed E-state index contributed by atoms with van der Waals surface area (Å²) >= 11 is 3.38. The Labute approximate surface area is 98.4 Å². The maximum Gasteiger partial charge on any atom is 0.160 e. The van der Waals surface area contributed by atoms with Gasteiger partial charge in [-0.3, -0.25) is 0 Å². The lowest BCUT2D eigenvalue weighted by molar-refractivity contribution is 0.940. The highest BCUT2D eigenvalue weighted by Crippen LogP contribution is 2.26. The Morgan fingerprint density at radius 1 is 1.31 bits per heavy atom. The first-order valence-electron chi connectivity index (χ1n) is 4.55. The van der Waals surface area contributed by atoms with E-state index in [1.54, 1.807) is 6.20 Å². The molecule has 4 N–H and O–H groups in total. The highest BCUT2D eigenvalue weighted by Gasteiger charge is 2.10. The van der Waals surface area contributed by atoms with Crippen molar-refractivity contribution in [2.45, 2.75) is 0 Å². The molecule has 0 unspecified atom stereocenters. The first kappa shape index (κ1) is 9.34. The number of aromatic nitrogens is 5. The van der Waals surface area contributed by atoms with Crippen LogP contribution in [0.5, 0.6) is 0 Å². The van der Waals surface area contributed by atoms with Crippen LogP contribution in [-0.2, 0) is 0 Å². The third kappa shape index (κ3) is 1.36. The molecule has 0 bridgehead atoms. The van der Waals surface area contributed by atoms with Gasteiger partial charge in [0.15, 0.2) is 5.82 Å². The van der Waals surface area contributed by atoms with Gasteiger partial charge in [-0.2, -0.15) is 15.4 Å². The van der Waals surface area contributed by atoms with E-state index in [1.165, 1.54) is 0 Å². The summed E-state index contributed by atoms with van der Waals surface area (Å²) in [4.78, 5) is 7.51. The number of benzene rings is 1. The highest BCUT2D eigenvalue weighted by molar-refractivity contribution is 9.10. The Hall–Kier alpha value is -1.89. The van der Waals surface area contributed by atoms with Crippen LogP contribution in [0, 0.1) is 0 Å². The molecule has 0 radical (unpaired) electrons. The molecule has 0 amide bonds. The predicted molar refractivity (Wildman–Crippen MR) is 63.6 cm³/mol. The van der Waals surface area contributed by atoms with Crippen LogP contribution in [0.1, 0.15) is 0 Å². The quantitative estimate of drug-likeness (QED) is 0.590. The minimum atomic E-state index is 0.621. The zero-order valence-electron chi connectivity index (χ0n) is 8.03. The van der Waals surface area contributed by atoms with Gasteiger partial charge in [0, 0.05) is 4.47 Å². The Kier molecular flexibility index (Phi) is 1.93. The first-order chi connectivity index (χ1) is 7.74. The molecule has 0 saturated heterocycles. The minimum absolute atomic E-state index is 0.621. The van der Waals surface area contributed by atoms with E-state index < -0.39 is 0 Å². The summed E-state index contributed by atoms with van der Waals surface area (Å²) in [6.07, 6.45) is 1.60. The summed E-state index contributed by atoms with van der Waals surface area (Å²) in [7, 11) is 0. The summed E-state index contributed by atoms with van der Waals surface area (Å²) in [5, 5.41) is 10.2. The number of nitrogens with one attached hydrogen (secondary N) is 2. The molecule has 3 aromatic rings. The SMILES string of the molecule is Nc1cc(Br)cc2[nH]c(-c3cn[nH]n3)nc12. The second-order valence-corrected chi connectivity index (χ2v) is 4.25. The normalized spacial score (nSPS) is 11.1. The van der Waals surface area contributed by atoms with Crippen LogP contribution >= 0.6 is 15.9 Å². The molecule has 80 valence electrons. The zero-order valence-corrected chi connectivity index (χ0v) is 9.62. The minimum Gasteiger partial charge on any atom is -0.397 e. The number of nitrogens with zero attached hydrogens (tertiary/aromatic N) is 3. The van der Waals surface area contributed by atoms with E-state index in [1.807, 2.05) is 12.1 Å². The van der Waals surface area contributed by atoms with Gasteiger partial charge in [0.25, 0.3) is 0 Å². The number of nitrogen functional groups attached to an aromatic ring is 1. The summed E-state index contributed by atoms with van der Waals surface area (Å²) < 4.78 is 0.910. The maximum atomic E-state index is 5.87. The molecule has 0 atom stereocenters. The number of H-pyrrole nitrogens is 2. The third-order valence-electron chi connectivity index (χ3n) is 2.24. The van der Waals surface area contributed by atoms with Gasteiger partial charge in [-0.15, -0.1) is 0 Å². The zero-order chi connectivity index (χ0) is 11.1. The molecule has 0 fully saturated rings. The fourth-order valence-electron chi connectivity index (χ4n) is 1.54. The lowest BCUT2D eigenvalue weighted by Crippen LogP contribution is -1.86. The number of rotatable bonds is 1. The number of nitrogens with two attached hydrogens (primary N) is 1. The number of hydrogen-bond donors (Lipinski definition) is 3. The van der Waals surface area contributed by atoms with E-state index in [4.69, 9.17) is 5.73 Å². The predicted octanol–water partition coefficient (Wildman–Crippen LogP) is 1.69. The molecule has 3 rings (SSSR count). The summed E-state index contributed by atoms with van der Waals surface area (Å²) in [6, 6.07) is 3.73. The average Bonchev–Trinajstić information content (AvgIpc) is 2.82. The summed E-state index contributed by atoms with van der Waals surface area (Å²) in [6.45, 7) is 0. The molecule has 1 aromatic carbocycles. The van der Waals surface area contributed by atoms with Crippen molar-refractivity contribution >= 4 is 32.7 Å². The van der Waals surface area contributed by atoms with Crippen LogP contribution < -0.4 is 5.73 Å². The largest absolute Gasteiger partial charge is 0.397 e. The second kappa shape index (κ2) is 3.31. The van der Waals surface area contributed by atoms with E-state index >= 15 is 0 Å². The van der Waals surface area contributed by atoms with Crippen LogP contribution in [0.4, 0.5) is 5.69 Å². The Balaban J connectivity index is 2.27. The van der Waals surface area contributed by atoms with Crippen molar-refractivity contribution < 1.29 is 0 Å². The highest BCUT2D eigenvalue weighted by atomic mass is 79.9. The molecule has 0 saturated carbocycles. The van der Waals surface area contributed by atoms with E-state index in [2.05, 4.69) is 41.3 Å². The van der Waals surface area contributed by atoms with Crippen LogP contribution in [0.25, 0.3) is 22.6 Å². The third-order valence-corrected chi connectivity index (χ3v) is 2.70. The number of halogens is 1. The van der Waals surface area contributed by atoms with Crippen molar-refractivity contribution in [2.75, 3.05) is 5.73 Å². The fraction of sp³-hybridized carbons (Fsp3) is 0.